The van der Waals surface area contributed by atoms with E-state index in [2.05, 4.69) is 76.2 Å². The first kappa shape index (κ1) is 14.1. The van der Waals surface area contributed by atoms with Crippen LogP contribution in [0.2, 0.25) is 0 Å². The molecule has 0 heteroatoms. The zero-order valence-corrected chi connectivity index (χ0v) is 13.5. The van der Waals surface area contributed by atoms with Gasteiger partial charge in [0.05, 0.1) is 0 Å². The highest BCUT2D eigenvalue weighted by Gasteiger charge is 2.18. The first-order chi connectivity index (χ1) is 9.99. The van der Waals surface area contributed by atoms with E-state index in [9.17, 15) is 0 Å². The molecule has 1 aliphatic rings. The first-order valence-electron chi connectivity index (χ1n) is 7.91. The lowest BCUT2D eigenvalue weighted by atomic mass is 9.85. The van der Waals surface area contributed by atoms with E-state index in [-0.39, 0.29) is 5.41 Å². The molecule has 0 fully saturated rings. The van der Waals surface area contributed by atoms with E-state index in [0.717, 1.165) is 12.8 Å². The monoisotopic (exact) mass is 276 g/mol. The predicted octanol–water partition coefficient (Wildman–Crippen LogP) is 6.00. The van der Waals surface area contributed by atoms with Crippen molar-refractivity contribution in [1.82, 2.24) is 0 Å². The molecule has 0 unspecified atom stereocenters. The molecular weight excluding hydrogens is 252 g/mol. The van der Waals surface area contributed by atoms with E-state index in [4.69, 9.17) is 0 Å². The molecule has 1 aliphatic carbocycles. The van der Waals surface area contributed by atoms with Crippen LogP contribution in [0.15, 0.2) is 48.0 Å². The van der Waals surface area contributed by atoms with Crippen molar-refractivity contribution >= 4 is 6.08 Å². The van der Waals surface area contributed by atoms with Gasteiger partial charge in [0.15, 0.2) is 0 Å². The summed E-state index contributed by atoms with van der Waals surface area (Å²) < 4.78 is 0. The van der Waals surface area contributed by atoms with Crippen molar-refractivity contribution in [1.29, 1.82) is 0 Å². The Balaban J connectivity index is 2.11. The quantitative estimate of drug-likeness (QED) is 0.631. The van der Waals surface area contributed by atoms with Gasteiger partial charge in [-0.3, -0.25) is 0 Å². The van der Waals surface area contributed by atoms with Gasteiger partial charge in [-0.1, -0.05) is 81.8 Å². The van der Waals surface area contributed by atoms with Crippen LogP contribution in [0.5, 0.6) is 0 Å². The van der Waals surface area contributed by atoms with E-state index in [1.54, 1.807) is 5.57 Å². The Hall–Kier alpha value is -1.82. The van der Waals surface area contributed by atoms with Gasteiger partial charge in [0.1, 0.15) is 0 Å². The molecule has 0 aliphatic heterocycles. The van der Waals surface area contributed by atoms with E-state index in [1.165, 1.54) is 27.8 Å². The summed E-state index contributed by atoms with van der Waals surface area (Å²) in [6.45, 7) is 9.07. The molecule has 0 radical (unpaired) electrons. The highest BCUT2D eigenvalue weighted by Crippen LogP contribution is 2.36. The smallest absolute Gasteiger partial charge is 0.00577 e. The minimum atomic E-state index is 0.193. The second-order valence-electron chi connectivity index (χ2n) is 7.04. The van der Waals surface area contributed by atoms with Gasteiger partial charge >= 0.3 is 0 Å². The lowest BCUT2D eigenvalue weighted by Crippen LogP contribution is -2.10. The molecule has 108 valence electrons. The molecule has 3 rings (SSSR count). The van der Waals surface area contributed by atoms with Gasteiger partial charge in [0.2, 0.25) is 0 Å². The first-order valence-corrected chi connectivity index (χ1v) is 7.91. The number of allylic oxidation sites excluding steroid dienone is 1. The van der Waals surface area contributed by atoms with Gasteiger partial charge in [-0.2, -0.15) is 0 Å². The summed E-state index contributed by atoms with van der Waals surface area (Å²) >= 11 is 0. The molecule has 0 saturated carbocycles. The zero-order chi connectivity index (χ0) is 15.0. The largest absolute Gasteiger partial charge is 0.0655 e. The maximum Gasteiger partial charge on any atom is -0.00577 e. The van der Waals surface area contributed by atoms with Crippen molar-refractivity contribution < 1.29 is 0 Å². The Morgan fingerprint density at radius 2 is 1.76 bits per heavy atom. The second kappa shape index (κ2) is 5.18. The topological polar surface area (TPSA) is 0 Å². The molecule has 0 atom stereocenters. The molecular formula is C21H24. The van der Waals surface area contributed by atoms with Gasteiger partial charge in [0.25, 0.3) is 0 Å². The highest BCUT2D eigenvalue weighted by molar-refractivity contribution is 5.81. The Morgan fingerprint density at radius 1 is 1.00 bits per heavy atom. The fraction of sp³-hybridized carbons (Fsp3) is 0.333. The lowest BCUT2D eigenvalue weighted by molar-refractivity contribution is 0.590. The van der Waals surface area contributed by atoms with Crippen LogP contribution in [0.3, 0.4) is 0 Å². The second-order valence-corrected chi connectivity index (χ2v) is 7.04. The van der Waals surface area contributed by atoms with Crippen LogP contribution in [0.1, 0.15) is 50.8 Å². The Morgan fingerprint density at radius 3 is 2.48 bits per heavy atom. The molecule has 2 aromatic rings. The molecule has 0 heterocycles. The van der Waals surface area contributed by atoms with Crippen molar-refractivity contribution in [2.24, 2.45) is 0 Å². The average Bonchev–Trinajstić information content (AvgIpc) is 2.89. The number of fused-ring (bicyclic) bond motifs is 1. The van der Waals surface area contributed by atoms with Gasteiger partial charge in [-0.05, 0) is 46.1 Å². The molecule has 2 aromatic carbocycles. The molecule has 0 N–H and O–H groups in total. The minimum absolute atomic E-state index is 0.193. The molecule has 21 heavy (non-hydrogen) atoms. The SMILES string of the molecule is CCC1=Cc2c(cccc2-c2cccc(C(C)(C)C)c2)C1. The third-order valence-electron chi connectivity index (χ3n) is 4.46. The van der Waals surface area contributed by atoms with E-state index in [1.807, 2.05) is 0 Å². The maximum atomic E-state index is 2.40. The normalized spacial score (nSPS) is 14.0. The summed E-state index contributed by atoms with van der Waals surface area (Å²) in [5, 5.41) is 0. The third-order valence-corrected chi connectivity index (χ3v) is 4.46. The standard InChI is InChI=1S/C21H24/c1-5-15-12-16-9-7-11-19(20(16)13-15)17-8-6-10-18(14-17)21(2,3)4/h6-11,13-14H,5,12H2,1-4H3. The van der Waals surface area contributed by atoms with Crippen molar-refractivity contribution in [2.75, 3.05) is 0 Å². The summed E-state index contributed by atoms with van der Waals surface area (Å²) in [6.07, 6.45) is 4.67. The van der Waals surface area contributed by atoms with Crippen LogP contribution >= 0.6 is 0 Å². The van der Waals surface area contributed by atoms with Crippen LogP contribution in [-0.2, 0) is 11.8 Å². The number of hydrogen-bond donors (Lipinski definition) is 0. The van der Waals surface area contributed by atoms with E-state index >= 15 is 0 Å². The molecule has 0 saturated heterocycles. The third kappa shape index (κ3) is 2.68. The Labute approximate surface area is 128 Å². The summed E-state index contributed by atoms with van der Waals surface area (Å²) in [5.74, 6) is 0. The fourth-order valence-electron chi connectivity index (χ4n) is 3.07. The van der Waals surface area contributed by atoms with Crippen LogP contribution in [-0.4, -0.2) is 0 Å². The van der Waals surface area contributed by atoms with E-state index in [0.29, 0.717) is 0 Å². The number of hydrogen-bond acceptors (Lipinski definition) is 0. The van der Waals surface area contributed by atoms with Crippen molar-refractivity contribution in [3.63, 3.8) is 0 Å². The molecule has 0 spiro atoms. The number of benzene rings is 2. The Bertz CT molecular complexity index is 696. The van der Waals surface area contributed by atoms with E-state index < -0.39 is 0 Å². The molecule has 0 amide bonds. The summed E-state index contributed by atoms with van der Waals surface area (Å²) in [4.78, 5) is 0. The van der Waals surface area contributed by atoms with Gasteiger partial charge in [0, 0.05) is 0 Å². The average molecular weight is 276 g/mol. The van der Waals surface area contributed by atoms with Crippen LogP contribution in [0.25, 0.3) is 17.2 Å². The summed E-state index contributed by atoms with van der Waals surface area (Å²) in [6, 6.07) is 15.7. The molecule has 0 nitrogen and oxygen atoms in total. The highest BCUT2D eigenvalue weighted by atomic mass is 14.2. The Kier molecular flexibility index (Phi) is 3.49. The van der Waals surface area contributed by atoms with Crippen molar-refractivity contribution in [3.05, 3.63) is 64.7 Å². The van der Waals surface area contributed by atoms with Gasteiger partial charge < -0.3 is 0 Å². The van der Waals surface area contributed by atoms with Gasteiger partial charge in [-0.25, -0.2) is 0 Å². The fourth-order valence-corrected chi connectivity index (χ4v) is 3.07. The number of rotatable bonds is 2. The van der Waals surface area contributed by atoms with Crippen LogP contribution in [0.4, 0.5) is 0 Å². The lowest BCUT2D eigenvalue weighted by Gasteiger charge is -2.20. The summed E-state index contributed by atoms with van der Waals surface area (Å²) in [7, 11) is 0. The maximum absolute atomic E-state index is 2.40. The summed E-state index contributed by atoms with van der Waals surface area (Å²) in [5.41, 5.74) is 8.76. The zero-order valence-electron chi connectivity index (χ0n) is 13.5. The van der Waals surface area contributed by atoms with Crippen molar-refractivity contribution in [2.45, 2.75) is 46.0 Å². The van der Waals surface area contributed by atoms with Gasteiger partial charge in [-0.15, -0.1) is 0 Å². The van der Waals surface area contributed by atoms with Crippen LogP contribution in [0, 0.1) is 0 Å². The molecule has 0 bridgehead atoms. The van der Waals surface area contributed by atoms with Crippen molar-refractivity contribution in [3.8, 4) is 11.1 Å². The predicted molar refractivity (Wildman–Crippen MR) is 92.6 cm³/mol. The minimum Gasteiger partial charge on any atom is -0.0655 e. The van der Waals surface area contributed by atoms with Crippen LogP contribution < -0.4 is 0 Å². The molecule has 0 aromatic heterocycles.